The molecule has 0 saturated heterocycles. The third-order valence-electron chi connectivity index (χ3n) is 5.08. The molecule has 0 aliphatic carbocycles. The van der Waals surface area contributed by atoms with Crippen molar-refractivity contribution >= 4 is 23.0 Å². The number of hydrogen-bond acceptors (Lipinski definition) is 4. The smallest absolute Gasteiger partial charge is 0.338 e. The number of nitrogens with one attached hydrogen (secondary N) is 3. The van der Waals surface area contributed by atoms with E-state index in [1.165, 1.54) is 0 Å². The zero-order valence-corrected chi connectivity index (χ0v) is 16.6. The summed E-state index contributed by atoms with van der Waals surface area (Å²) < 4.78 is 5.70. The number of aryl methyl sites for hydroxylation is 1. The molecule has 2 atom stereocenters. The molecule has 144 valence electrons. The van der Waals surface area contributed by atoms with E-state index in [9.17, 15) is 9.59 Å². The molecule has 0 bridgehead atoms. The molecule has 2 amide bonds. The lowest BCUT2D eigenvalue weighted by Gasteiger charge is -2.31. The zero-order valence-electron chi connectivity index (χ0n) is 16.6. The van der Waals surface area contributed by atoms with Gasteiger partial charge in [0.1, 0.15) is 6.10 Å². The van der Waals surface area contributed by atoms with E-state index in [1.54, 1.807) is 13.3 Å². The van der Waals surface area contributed by atoms with Crippen molar-refractivity contribution in [3.63, 3.8) is 0 Å². The molecule has 3 rings (SSSR count). The predicted octanol–water partition coefficient (Wildman–Crippen LogP) is 3.48. The van der Waals surface area contributed by atoms with Crippen LogP contribution in [0.3, 0.4) is 0 Å². The lowest BCUT2D eigenvalue weighted by Crippen LogP contribution is -2.46. The number of amides is 2. The molecule has 0 spiro atoms. The zero-order chi connectivity index (χ0) is 19.9. The number of nitrogens with zero attached hydrogens (tertiary/aromatic N) is 1. The maximum Gasteiger partial charge on any atom is 0.338 e. The van der Waals surface area contributed by atoms with Crippen LogP contribution in [0.5, 0.6) is 0 Å². The molecule has 1 aromatic carbocycles. The molecule has 7 nitrogen and oxygen atoms in total. The van der Waals surface area contributed by atoms with Crippen LogP contribution >= 0.6 is 0 Å². The summed E-state index contributed by atoms with van der Waals surface area (Å²) in [4.78, 5) is 32.4. The van der Waals surface area contributed by atoms with Crippen molar-refractivity contribution < 1.29 is 14.3 Å². The van der Waals surface area contributed by atoms with E-state index in [0.29, 0.717) is 11.3 Å². The Hall–Kier alpha value is -2.83. The first-order chi connectivity index (χ1) is 12.6. The largest absolute Gasteiger partial charge is 0.459 e. The highest BCUT2D eigenvalue weighted by atomic mass is 16.5. The van der Waals surface area contributed by atoms with Crippen molar-refractivity contribution in [3.8, 4) is 0 Å². The Morgan fingerprint density at radius 2 is 1.96 bits per heavy atom. The van der Waals surface area contributed by atoms with E-state index >= 15 is 0 Å². The van der Waals surface area contributed by atoms with Gasteiger partial charge >= 0.3 is 12.0 Å². The Morgan fingerprint density at radius 3 is 2.63 bits per heavy atom. The minimum Gasteiger partial charge on any atom is -0.459 e. The molecule has 0 fully saturated rings. The van der Waals surface area contributed by atoms with Gasteiger partial charge in [-0.3, -0.25) is 0 Å². The number of urea groups is 1. The molecular weight excluding hydrogens is 344 g/mol. The number of carbonyl (C=O) groups excluding carboxylic acids is 2. The second-order valence-corrected chi connectivity index (χ2v) is 8.12. The van der Waals surface area contributed by atoms with Gasteiger partial charge in [0.25, 0.3) is 0 Å². The third kappa shape index (κ3) is 3.67. The van der Waals surface area contributed by atoms with Gasteiger partial charge in [-0.2, -0.15) is 0 Å². The average Bonchev–Trinajstić information content (AvgIpc) is 3.02. The van der Waals surface area contributed by atoms with E-state index in [0.717, 1.165) is 22.2 Å². The fourth-order valence-electron chi connectivity index (χ4n) is 3.03. The van der Waals surface area contributed by atoms with E-state index < -0.39 is 12.0 Å². The molecular formula is C20H26N4O3. The Labute approximate surface area is 158 Å². The second kappa shape index (κ2) is 6.72. The van der Waals surface area contributed by atoms with Gasteiger partial charge in [-0.1, -0.05) is 26.8 Å². The quantitative estimate of drug-likeness (QED) is 0.721. The Kier molecular flexibility index (Phi) is 4.71. The van der Waals surface area contributed by atoms with Gasteiger partial charge in [0.2, 0.25) is 0 Å². The first-order valence-electron chi connectivity index (χ1n) is 9.01. The van der Waals surface area contributed by atoms with Crippen LogP contribution in [0, 0.1) is 12.3 Å². The van der Waals surface area contributed by atoms with Gasteiger partial charge in [-0.25, -0.2) is 14.6 Å². The number of carbonyl (C=O) groups is 2. The summed E-state index contributed by atoms with van der Waals surface area (Å²) >= 11 is 0. The molecule has 2 heterocycles. The van der Waals surface area contributed by atoms with Crippen molar-refractivity contribution in [1.29, 1.82) is 0 Å². The van der Waals surface area contributed by atoms with Gasteiger partial charge in [0.05, 0.1) is 29.0 Å². The van der Waals surface area contributed by atoms with Gasteiger partial charge in [-0.15, -0.1) is 0 Å². The molecule has 0 radical (unpaired) electrons. The standard InChI is InChI=1S/C20H26N4O3/c1-10-7-13(8-14-16(10)22-9-21-14)17-15(11(2)23-19(26)24-17)18(25)27-12(3)20(4,5)6/h7-9,12,17H,1-6H3,(H,21,22)(H2,23,24,26). The highest BCUT2D eigenvalue weighted by molar-refractivity contribution is 5.95. The van der Waals surface area contributed by atoms with Gasteiger partial charge in [-0.05, 0) is 43.4 Å². The highest BCUT2D eigenvalue weighted by Crippen LogP contribution is 2.32. The number of allylic oxidation sites excluding steroid dienone is 1. The second-order valence-electron chi connectivity index (χ2n) is 8.12. The lowest BCUT2D eigenvalue weighted by atomic mass is 9.90. The molecule has 1 aliphatic heterocycles. The number of hydrogen-bond donors (Lipinski definition) is 3. The summed E-state index contributed by atoms with van der Waals surface area (Å²) in [6.07, 6.45) is 1.35. The Morgan fingerprint density at radius 1 is 1.26 bits per heavy atom. The minimum absolute atomic E-state index is 0.185. The number of esters is 1. The number of benzene rings is 1. The lowest BCUT2D eigenvalue weighted by molar-refractivity contribution is -0.149. The van der Waals surface area contributed by atoms with E-state index in [2.05, 4.69) is 20.6 Å². The summed E-state index contributed by atoms with van der Waals surface area (Å²) in [6.45, 7) is 11.6. The first-order valence-corrected chi connectivity index (χ1v) is 9.01. The topological polar surface area (TPSA) is 96.1 Å². The van der Waals surface area contributed by atoms with E-state index in [4.69, 9.17) is 4.74 Å². The highest BCUT2D eigenvalue weighted by Gasteiger charge is 2.35. The molecule has 27 heavy (non-hydrogen) atoms. The summed E-state index contributed by atoms with van der Waals surface area (Å²) in [7, 11) is 0. The van der Waals surface area contributed by atoms with Crippen molar-refractivity contribution in [2.45, 2.75) is 53.7 Å². The van der Waals surface area contributed by atoms with Gasteiger partial charge in [0.15, 0.2) is 0 Å². The van der Waals surface area contributed by atoms with Crippen molar-refractivity contribution in [2.75, 3.05) is 0 Å². The monoisotopic (exact) mass is 370 g/mol. The molecule has 2 aromatic rings. The average molecular weight is 370 g/mol. The van der Waals surface area contributed by atoms with Gasteiger partial charge < -0.3 is 20.4 Å². The van der Waals surface area contributed by atoms with Crippen molar-refractivity contribution in [2.24, 2.45) is 5.41 Å². The number of ether oxygens (including phenoxy) is 1. The van der Waals surface area contributed by atoms with Crippen LogP contribution in [0.1, 0.15) is 51.8 Å². The normalized spacial score (nSPS) is 18.9. The van der Waals surface area contributed by atoms with Crippen LogP contribution in [-0.2, 0) is 9.53 Å². The molecule has 2 unspecified atom stereocenters. The van der Waals surface area contributed by atoms with Crippen molar-refractivity contribution in [3.05, 3.63) is 40.9 Å². The fourth-order valence-corrected chi connectivity index (χ4v) is 3.03. The molecule has 1 aliphatic rings. The molecule has 7 heteroatoms. The van der Waals surface area contributed by atoms with Crippen LogP contribution in [0.2, 0.25) is 0 Å². The van der Waals surface area contributed by atoms with Crippen LogP contribution in [0.15, 0.2) is 29.7 Å². The number of H-pyrrole nitrogens is 1. The fraction of sp³-hybridized carbons (Fsp3) is 0.450. The number of fused-ring (bicyclic) bond motifs is 1. The molecule has 0 saturated carbocycles. The third-order valence-corrected chi connectivity index (χ3v) is 5.08. The summed E-state index contributed by atoms with van der Waals surface area (Å²) in [5.41, 5.74) is 4.21. The predicted molar refractivity (Wildman–Crippen MR) is 103 cm³/mol. The van der Waals surface area contributed by atoms with Crippen LogP contribution in [0.25, 0.3) is 11.0 Å². The first kappa shape index (κ1) is 18.9. The van der Waals surface area contributed by atoms with E-state index in [1.807, 2.05) is 46.8 Å². The molecule has 3 N–H and O–H groups in total. The van der Waals surface area contributed by atoms with Crippen LogP contribution < -0.4 is 10.6 Å². The summed E-state index contributed by atoms with van der Waals surface area (Å²) in [5.74, 6) is -0.438. The number of imidazole rings is 1. The number of aromatic nitrogens is 2. The SMILES string of the molecule is CC1=C(C(=O)OC(C)C(C)(C)C)C(c2cc(C)c3[nH]cnc3c2)NC(=O)N1. The van der Waals surface area contributed by atoms with E-state index in [-0.39, 0.29) is 17.6 Å². The number of aromatic amines is 1. The van der Waals surface area contributed by atoms with Crippen molar-refractivity contribution in [1.82, 2.24) is 20.6 Å². The maximum atomic E-state index is 13.0. The summed E-state index contributed by atoms with van der Waals surface area (Å²) in [6, 6.07) is 2.88. The Bertz CT molecular complexity index is 936. The summed E-state index contributed by atoms with van der Waals surface area (Å²) in [5, 5.41) is 5.52. The minimum atomic E-state index is -0.599. The molecule has 1 aromatic heterocycles. The number of rotatable bonds is 3. The Balaban J connectivity index is 2.02. The maximum absolute atomic E-state index is 13.0. The van der Waals surface area contributed by atoms with Crippen LogP contribution in [0.4, 0.5) is 4.79 Å². The van der Waals surface area contributed by atoms with Crippen LogP contribution in [-0.4, -0.2) is 28.1 Å². The van der Waals surface area contributed by atoms with Gasteiger partial charge in [0, 0.05) is 5.70 Å².